The van der Waals surface area contributed by atoms with Crippen LogP contribution in [0.2, 0.25) is 0 Å². The summed E-state index contributed by atoms with van der Waals surface area (Å²) < 4.78 is 6.83. The lowest BCUT2D eigenvalue weighted by molar-refractivity contribution is 0.918. The van der Waals surface area contributed by atoms with E-state index in [1.165, 1.54) is 37.9 Å². The molecule has 0 unspecified atom stereocenters. The van der Waals surface area contributed by atoms with Crippen LogP contribution in [0.1, 0.15) is 12.5 Å². The Morgan fingerprint density at radius 3 is 1.17 bits per heavy atom. The molecule has 0 aliphatic heterocycles. The maximum atomic E-state index is 5.45. The van der Waals surface area contributed by atoms with Crippen LogP contribution in [0.25, 0.3) is 83.0 Å². The zero-order chi connectivity index (χ0) is 31.1. The molecule has 0 N–H and O–H groups in total. The van der Waals surface area contributed by atoms with Crippen LogP contribution in [0.3, 0.4) is 0 Å². The molecule has 0 fully saturated rings. The summed E-state index contributed by atoms with van der Waals surface area (Å²) in [6.07, 6.45) is 0.959. The minimum atomic E-state index is 0.634. The predicted molar refractivity (Wildman–Crippen MR) is 194 cm³/mol. The molecule has 6 aromatic carbocycles. The predicted octanol–water partition coefficient (Wildman–Crippen LogP) is 10.3. The van der Waals surface area contributed by atoms with Gasteiger partial charge in [-0.15, -0.1) is 0 Å². The third-order valence-electron chi connectivity index (χ3n) is 9.65. The van der Waals surface area contributed by atoms with Crippen LogP contribution in [0.5, 0.6) is 0 Å². The lowest BCUT2D eigenvalue weighted by atomic mass is 10.1. The van der Waals surface area contributed by atoms with Gasteiger partial charge in [0, 0.05) is 38.4 Å². The van der Waals surface area contributed by atoms with Gasteiger partial charge >= 0.3 is 0 Å². The molecular weight excluding hydrogens is 574 g/mol. The van der Waals surface area contributed by atoms with Gasteiger partial charge in [-0.25, -0.2) is 0 Å². The zero-order valence-electron chi connectivity index (χ0n) is 25.8. The van der Waals surface area contributed by atoms with Crippen LogP contribution in [0.15, 0.2) is 146 Å². The number of nitrogens with zero attached hydrogens (tertiary/aromatic N) is 5. The van der Waals surface area contributed by atoms with Gasteiger partial charge < -0.3 is 0 Å². The largest absolute Gasteiger partial charge is 0.294 e. The van der Waals surface area contributed by atoms with E-state index in [9.17, 15) is 0 Å². The molecule has 0 atom stereocenters. The van der Waals surface area contributed by atoms with Crippen LogP contribution >= 0.6 is 0 Å². The molecule has 10 rings (SSSR count). The normalized spacial score (nSPS) is 12.0. The van der Waals surface area contributed by atoms with Crippen molar-refractivity contribution in [3.05, 3.63) is 151 Å². The van der Waals surface area contributed by atoms with Crippen molar-refractivity contribution in [2.24, 2.45) is 0 Å². The monoisotopic (exact) mass is 603 g/mol. The van der Waals surface area contributed by atoms with Crippen molar-refractivity contribution in [2.45, 2.75) is 13.3 Å². The first-order valence-corrected chi connectivity index (χ1v) is 16.2. The lowest BCUT2D eigenvalue weighted by Crippen LogP contribution is -2.10. The molecular formula is C42H29N5. The van der Waals surface area contributed by atoms with E-state index in [0.717, 1.165) is 51.2 Å². The molecule has 5 heteroatoms. The molecule has 222 valence electrons. The minimum absolute atomic E-state index is 0.634. The van der Waals surface area contributed by atoms with Crippen LogP contribution in [-0.4, -0.2) is 23.7 Å². The van der Waals surface area contributed by atoms with E-state index in [1.807, 2.05) is 0 Å². The van der Waals surface area contributed by atoms with Gasteiger partial charge in [-0.2, -0.15) is 9.97 Å². The molecule has 0 aliphatic carbocycles. The van der Waals surface area contributed by atoms with Crippen molar-refractivity contribution in [3.8, 4) is 17.6 Å². The molecule has 0 bridgehead atoms. The zero-order valence-corrected chi connectivity index (χ0v) is 25.8. The highest BCUT2D eigenvalue weighted by atomic mass is 15.2. The van der Waals surface area contributed by atoms with E-state index < -0.39 is 0 Å². The van der Waals surface area contributed by atoms with Gasteiger partial charge in [0.1, 0.15) is 11.6 Å². The topological polar surface area (TPSA) is 40.6 Å². The van der Waals surface area contributed by atoms with E-state index in [4.69, 9.17) is 9.97 Å². The third-order valence-corrected chi connectivity index (χ3v) is 9.65. The Bertz CT molecular complexity index is 2610. The summed E-state index contributed by atoms with van der Waals surface area (Å²) >= 11 is 0. The smallest absolute Gasteiger partial charge is 0.238 e. The van der Waals surface area contributed by atoms with Gasteiger partial charge in [-0.05, 0) is 48.4 Å². The Kier molecular flexibility index (Phi) is 5.49. The summed E-state index contributed by atoms with van der Waals surface area (Å²) in [6.45, 7) is 2.21. The number of aryl methyl sites for hydroxylation is 1. The quantitative estimate of drug-likeness (QED) is 0.201. The number of aromatic nitrogens is 5. The van der Waals surface area contributed by atoms with Crippen molar-refractivity contribution in [1.29, 1.82) is 0 Å². The van der Waals surface area contributed by atoms with Crippen molar-refractivity contribution in [2.75, 3.05) is 0 Å². The molecule has 47 heavy (non-hydrogen) atoms. The standard InChI is InChI=1S/C42H29N5/c1-2-27-23-24-33-32-17-5-10-20-36(32)46(39(33)25-27)41-26-40(45-34-18-8-3-13-28(34)29-14-4-9-19-35(29)45)43-42(44-41)47-37-21-11-6-15-30(37)31-16-7-12-22-38(31)47/h3-26H,2H2,1H3. The van der Waals surface area contributed by atoms with E-state index in [0.29, 0.717) is 5.95 Å². The number of para-hydroxylation sites is 5. The lowest BCUT2D eigenvalue weighted by Gasteiger charge is -2.15. The highest BCUT2D eigenvalue weighted by Gasteiger charge is 2.21. The summed E-state index contributed by atoms with van der Waals surface area (Å²) in [5, 5.41) is 7.19. The van der Waals surface area contributed by atoms with E-state index >= 15 is 0 Å². The Hall–Kier alpha value is -6.20. The first-order valence-electron chi connectivity index (χ1n) is 16.2. The maximum Gasteiger partial charge on any atom is 0.238 e. The number of hydrogen-bond donors (Lipinski definition) is 0. The fraction of sp³-hybridized carbons (Fsp3) is 0.0476. The molecule has 0 saturated heterocycles. The fourth-order valence-corrected chi connectivity index (χ4v) is 7.53. The molecule has 0 spiro atoms. The number of fused-ring (bicyclic) bond motifs is 9. The Morgan fingerprint density at radius 1 is 0.383 bits per heavy atom. The Morgan fingerprint density at radius 2 is 0.745 bits per heavy atom. The summed E-state index contributed by atoms with van der Waals surface area (Å²) in [6, 6.07) is 51.9. The second-order valence-corrected chi connectivity index (χ2v) is 12.2. The second kappa shape index (κ2) is 9.90. The molecule has 0 saturated carbocycles. The van der Waals surface area contributed by atoms with Crippen molar-refractivity contribution >= 4 is 65.4 Å². The van der Waals surface area contributed by atoms with Crippen LogP contribution in [0.4, 0.5) is 0 Å². The number of rotatable bonds is 4. The van der Waals surface area contributed by atoms with Crippen molar-refractivity contribution in [1.82, 2.24) is 23.7 Å². The average molecular weight is 604 g/mol. The summed E-state index contributed by atoms with van der Waals surface area (Å²) in [5.41, 5.74) is 7.94. The van der Waals surface area contributed by atoms with Gasteiger partial charge in [0.2, 0.25) is 5.95 Å². The highest BCUT2D eigenvalue weighted by molar-refractivity contribution is 6.11. The second-order valence-electron chi connectivity index (χ2n) is 12.2. The van der Waals surface area contributed by atoms with Gasteiger partial charge in [-0.3, -0.25) is 13.7 Å². The first-order chi connectivity index (χ1) is 23.3. The van der Waals surface area contributed by atoms with Crippen molar-refractivity contribution in [3.63, 3.8) is 0 Å². The van der Waals surface area contributed by atoms with Crippen LogP contribution in [-0.2, 0) is 6.42 Å². The molecule has 0 radical (unpaired) electrons. The number of benzene rings is 6. The van der Waals surface area contributed by atoms with Gasteiger partial charge in [-0.1, -0.05) is 110 Å². The average Bonchev–Trinajstić information content (AvgIpc) is 3.77. The molecule has 4 aromatic heterocycles. The molecule has 0 amide bonds. The maximum absolute atomic E-state index is 5.45. The number of hydrogen-bond acceptors (Lipinski definition) is 2. The van der Waals surface area contributed by atoms with Gasteiger partial charge in [0.15, 0.2) is 0 Å². The van der Waals surface area contributed by atoms with Gasteiger partial charge in [0.05, 0.1) is 33.1 Å². The Balaban J connectivity index is 1.38. The summed E-state index contributed by atoms with van der Waals surface area (Å²) in [5.74, 6) is 2.28. The molecule has 0 aliphatic rings. The first kappa shape index (κ1) is 26.1. The van der Waals surface area contributed by atoms with Crippen LogP contribution < -0.4 is 0 Å². The van der Waals surface area contributed by atoms with E-state index in [2.05, 4.69) is 166 Å². The highest BCUT2D eigenvalue weighted by Crippen LogP contribution is 2.37. The minimum Gasteiger partial charge on any atom is -0.294 e. The van der Waals surface area contributed by atoms with Crippen molar-refractivity contribution < 1.29 is 0 Å². The van der Waals surface area contributed by atoms with Crippen LogP contribution in [0, 0.1) is 0 Å². The van der Waals surface area contributed by atoms with E-state index in [1.54, 1.807) is 0 Å². The fourth-order valence-electron chi connectivity index (χ4n) is 7.53. The SMILES string of the molecule is CCc1ccc2c3ccccc3n(-c3cc(-n4c5ccccc5c5ccccc54)nc(-n4c5ccccc5c5ccccc54)n3)c2c1. The molecule has 5 nitrogen and oxygen atoms in total. The Labute approximate surface area is 270 Å². The third kappa shape index (κ3) is 3.71. The van der Waals surface area contributed by atoms with E-state index in [-0.39, 0.29) is 0 Å². The van der Waals surface area contributed by atoms with Gasteiger partial charge in [0.25, 0.3) is 0 Å². The molecule has 10 aromatic rings. The molecule has 4 heterocycles. The summed E-state index contributed by atoms with van der Waals surface area (Å²) in [7, 11) is 0. The summed E-state index contributed by atoms with van der Waals surface area (Å²) in [4.78, 5) is 10.9.